The van der Waals surface area contributed by atoms with Crippen LogP contribution in [-0.4, -0.2) is 21.0 Å². The summed E-state index contributed by atoms with van der Waals surface area (Å²) in [6.45, 7) is 0. The van der Waals surface area contributed by atoms with Crippen LogP contribution in [0.5, 0.6) is 0 Å². The molecule has 3 N–H and O–H groups in total. The zero-order valence-electron chi connectivity index (χ0n) is 9.29. The Morgan fingerprint density at radius 1 is 1.06 bits per heavy atom. The highest BCUT2D eigenvalue weighted by molar-refractivity contribution is 6.04. The van der Waals surface area contributed by atoms with Crippen LogP contribution >= 0.6 is 0 Å². The lowest BCUT2D eigenvalue weighted by atomic mass is 10.1. The van der Waals surface area contributed by atoms with Crippen molar-refractivity contribution in [1.29, 1.82) is 0 Å². The number of fused-ring (bicyclic) bond motifs is 2. The second kappa shape index (κ2) is 3.66. The van der Waals surface area contributed by atoms with Crippen molar-refractivity contribution >= 4 is 33.7 Å². The number of aromatic carboxylic acids is 1. The Labute approximate surface area is 102 Å². The van der Waals surface area contributed by atoms with Gasteiger partial charge in [0.2, 0.25) is 0 Å². The first-order valence-electron chi connectivity index (χ1n) is 5.34. The van der Waals surface area contributed by atoms with Crippen LogP contribution in [0.2, 0.25) is 0 Å². The molecule has 18 heavy (non-hydrogen) atoms. The number of benzene rings is 2. The molecule has 3 rings (SSSR count). The highest BCUT2D eigenvalue weighted by Gasteiger charge is 2.12. The number of carbonyl (C=O) groups is 1. The molecule has 0 aliphatic rings. The van der Waals surface area contributed by atoms with E-state index in [2.05, 4.69) is 9.97 Å². The van der Waals surface area contributed by atoms with E-state index in [0.717, 1.165) is 0 Å². The van der Waals surface area contributed by atoms with E-state index >= 15 is 0 Å². The number of nitrogen functional groups attached to an aromatic ring is 1. The Kier molecular flexibility index (Phi) is 2.13. The van der Waals surface area contributed by atoms with E-state index in [4.69, 9.17) is 10.8 Å². The lowest BCUT2D eigenvalue weighted by molar-refractivity contribution is 0.0699. The lowest BCUT2D eigenvalue weighted by Crippen LogP contribution is -2.02. The molecule has 0 spiro atoms. The summed E-state index contributed by atoms with van der Waals surface area (Å²) in [7, 11) is 0. The molecule has 0 atom stereocenters. The maximum Gasteiger partial charge on any atom is 0.338 e. The van der Waals surface area contributed by atoms with Crippen molar-refractivity contribution in [1.82, 2.24) is 9.97 Å². The smallest absolute Gasteiger partial charge is 0.338 e. The maximum atomic E-state index is 11.2. The summed E-state index contributed by atoms with van der Waals surface area (Å²) in [5, 5.41) is 9.16. The van der Waals surface area contributed by atoms with E-state index in [0.29, 0.717) is 27.8 Å². The van der Waals surface area contributed by atoms with Gasteiger partial charge < -0.3 is 10.8 Å². The number of carboxylic acid groups (broad SMARTS) is 1. The minimum absolute atomic E-state index is 0.0725. The number of nitrogens with two attached hydrogens (primary N) is 1. The Morgan fingerprint density at radius 3 is 2.39 bits per heavy atom. The van der Waals surface area contributed by atoms with Gasteiger partial charge in [-0.25, -0.2) is 14.8 Å². The van der Waals surface area contributed by atoms with Crippen LogP contribution in [0, 0.1) is 0 Å². The highest BCUT2D eigenvalue weighted by atomic mass is 16.4. The van der Waals surface area contributed by atoms with Gasteiger partial charge >= 0.3 is 5.97 Å². The van der Waals surface area contributed by atoms with E-state index < -0.39 is 5.97 Å². The molecule has 2 aromatic carbocycles. The van der Waals surface area contributed by atoms with Crippen LogP contribution in [-0.2, 0) is 0 Å². The van der Waals surface area contributed by atoms with Gasteiger partial charge in [-0.15, -0.1) is 0 Å². The van der Waals surface area contributed by atoms with Crippen molar-refractivity contribution in [3.8, 4) is 0 Å². The molecule has 0 aliphatic carbocycles. The van der Waals surface area contributed by atoms with Gasteiger partial charge in [0.25, 0.3) is 0 Å². The molecule has 1 heterocycles. The molecule has 0 aliphatic heterocycles. The van der Waals surface area contributed by atoms with Gasteiger partial charge in [0, 0.05) is 5.69 Å². The Bertz CT molecular complexity index is 784. The van der Waals surface area contributed by atoms with E-state index in [-0.39, 0.29) is 5.56 Å². The van der Waals surface area contributed by atoms with E-state index in [9.17, 15) is 4.79 Å². The summed E-state index contributed by atoms with van der Waals surface area (Å²) >= 11 is 0. The fourth-order valence-electron chi connectivity index (χ4n) is 1.91. The number of hydrogen-bond donors (Lipinski definition) is 2. The normalized spacial score (nSPS) is 10.9. The van der Waals surface area contributed by atoms with E-state index in [1.807, 2.05) is 18.2 Å². The quantitative estimate of drug-likeness (QED) is 0.501. The Balaban J connectivity index is 2.49. The first-order valence-corrected chi connectivity index (χ1v) is 5.34. The SMILES string of the molecule is Nc1cc(C(=O)O)c2nc3ccccc3nc2c1. The molecular formula is C13H9N3O2. The zero-order valence-corrected chi connectivity index (χ0v) is 9.29. The fraction of sp³-hybridized carbons (Fsp3) is 0. The second-order valence-corrected chi connectivity index (χ2v) is 3.95. The molecule has 5 nitrogen and oxygen atoms in total. The van der Waals surface area contributed by atoms with Gasteiger partial charge in [-0.1, -0.05) is 12.1 Å². The van der Waals surface area contributed by atoms with Crippen LogP contribution in [0.1, 0.15) is 10.4 Å². The molecule has 0 fully saturated rings. The van der Waals surface area contributed by atoms with Crippen molar-refractivity contribution in [3.05, 3.63) is 42.0 Å². The molecular weight excluding hydrogens is 230 g/mol. The number of hydrogen-bond acceptors (Lipinski definition) is 4. The first kappa shape index (κ1) is 10.5. The average Bonchev–Trinajstić information content (AvgIpc) is 2.35. The predicted octanol–water partition coefficient (Wildman–Crippen LogP) is 2.06. The summed E-state index contributed by atoms with van der Waals surface area (Å²) in [6, 6.07) is 10.3. The first-order chi connectivity index (χ1) is 8.65. The average molecular weight is 239 g/mol. The summed E-state index contributed by atoms with van der Waals surface area (Å²) in [4.78, 5) is 19.9. The molecule has 0 unspecified atom stereocenters. The molecule has 3 aromatic rings. The summed E-state index contributed by atoms with van der Waals surface area (Å²) in [5.41, 5.74) is 8.34. The minimum Gasteiger partial charge on any atom is -0.478 e. The van der Waals surface area contributed by atoms with Crippen molar-refractivity contribution < 1.29 is 9.90 Å². The number of rotatable bonds is 1. The summed E-state index contributed by atoms with van der Waals surface area (Å²) < 4.78 is 0. The highest BCUT2D eigenvalue weighted by Crippen LogP contribution is 2.22. The summed E-state index contributed by atoms with van der Waals surface area (Å²) in [6.07, 6.45) is 0. The molecule has 1 aromatic heterocycles. The molecule has 5 heteroatoms. The molecule has 0 radical (unpaired) electrons. The van der Waals surface area contributed by atoms with Crippen LogP contribution in [0.25, 0.3) is 22.1 Å². The number of carboxylic acids is 1. The molecule has 0 amide bonds. The van der Waals surface area contributed by atoms with Crippen LogP contribution < -0.4 is 5.73 Å². The zero-order chi connectivity index (χ0) is 12.7. The molecule has 88 valence electrons. The van der Waals surface area contributed by atoms with Gasteiger partial charge in [0.05, 0.1) is 22.1 Å². The standard InChI is InChI=1S/C13H9N3O2/c14-7-5-8(13(17)18)12-11(6-7)15-9-3-1-2-4-10(9)16-12/h1-6H,14H2,(H,17,18). The second-order valence-electron chi connectivity index (χ2n) is 3.95. The Hall–Kier alpha value is -2.69. The van der Waals surface area contributed by atoms with Crippen molar-refractivity contribution in [2.75, 3.05) is 5.73 Å². The third-order valence-electron chi connectivity index (χ3n) is 2.70. The topological polar surface area (TPSA) is 89.1 Å². The number of nitrogens with zero attached hydrogens (tertiary/aromatic N) is 2. The van der Waals surface area contributed by atoms with Crippen LogP contribution in [0.3, 0.4) is 0 Å². The van der Waals surface area contributed by atoms with Crippen molar-refractivity contribution in [3.63, 3.8) is 0 Å². The number of aromatic nitrogens is 2. The van der Waals surface area contributed by atoms with Crippen molar-refractivity contribution in [2.24, 2.45) is 0 Å². The minimum atomic E-state index is -1.06. The van der Waals surface area contributed by atoms with Crippen LogP contribution in [0.15, 0.2) is 36.4 Å². The Morgan fingerprint density at radius 2 is 1.72 bits per heavy atom. The monoisotopic (exact) mass is 239 g/mol. The van der Waals surface area contributed by atoms with Gasteiger partial charge in [-0.05, 0) is 24.3 Å². The third kappa shape index (κ3) is 1.53. The fourth-order valence-corrected chi connectivity index (χ4v) is 1.91. The van der Waals surface area contributed by atoms with Crippen LogP contribution in [0.4, 0.5) is 5.69 Å². The van der Waals surface area contributed by atoms with Gasteiger partial charge in [0.15, 0.2) is 0 Å². The van der Waals surface area contributed by atoms with E-state index in [1.54, 1.807) is 12.1 Å². The summed E-state index contributed by atoms with van der Waals surface area (Å²) in [5.74, 6) is -1.06. The number of para-hydroxylation sites is 2. The molecule has 0 bridgehead atoms. The largest absolute Gasteiger partial charge is 0.478 e. The van der Waals surface area contributed by atoms with Gasteiger partial charge in [0.1, 0.15) is 5.52 Å². The number of anilines is 1. The maximum absolute atomic E-state index is 11.2. The molecule has 0 saturated carbocycles. The van der Waals surface area contributed by atoms with Gasteiger partial charge in [-0.2, -0.15) is 0 Å². The predicted molar refractivity (Wildman–Crippen MR) is 68.4 cm³/mol. The third-order valence-corrected chi connectivity index (χ3v) is 2.70. The molecule has 0 saturated heterocycles. The lowest BCUT2D eigenvalue weighted by Gasteiger charge is -2.05. The van der Waals surface area contributed by atoms with Gasteiger partial charge in [-0.3, -0.25) is 0 Å². The van der Waals surface area contributed by atoms with E-state index in [1.165, 1.54) is 6.07 Å². The van der Waals surface area contributed by atoms with Crippen molar-refractivity contribution in [2.45, 2.75) is 0 Å².